The van der Waals surface area contributed by atoms with E-state index in [1.165, 1.54) is 50.1 Å². The summed E-state index contributed by atoms with van der Waals surface area (Å²) in [7, 11) is 1.79. The molecule has 2 fully saturated rings. The lowest BCUT2D eigenvalue weighted by Gasteiger charge is -2.53. The zero-order valence-electron chi connectivity index (χ0n) is 19.8. The maximum Gasteiger partial charge on any atom is 0.119 e. The third kappa shape index (κ3) is 4.71. The monoisotopic (exact) mass is 422 g/mol. The van der Waals surface area contributed by atoms with Crippen LogP contribution in [0.5, 0.6) is 5.75 Å². The molecule has 2 atom stereocenters. The average molecular weight is 423 g/mol. The molecule has 0 radical (unpaired) electrons. The number of hydrogen-bond donors (Lipinski definition) is 0. The molecule has 0 amide bonds. The van der Waals surface area contributed by atoms with Gasteiger partial charge in [0, 0.05) is 43.8 Å². The first-order chi connectivity index (χ1) is 13.2. The van der Waals surface area contributed by atoms with E-state index in [4.69, 9.17) is 4.74 Å². The summed E-state index contributed by atoms with van der Waals surface area (Å²) in [5.41, 5.74) is 3.38. The van der Waals surface area contributed by atoms with Gasteiger partial charge in [0.05, 0.1) is 7.11 Å². The molecule has 3 rings (SSSR count). The molecular weight excluding hydrogens is 380 g/mol. The molecular formula is C25H43ClN2O. The van der Waals surface area contributed by atoms with Crippen molar-refractivity contribution in [1.82, 2.24) is 4.90 Å². The third-order valence-corrected chi connectivity index (χ3v) is 8.10. The van der Waals surface area contributed by atoms with E-state index in [0.29, 0.717) is 0 Å². The minimum atomic E-state index is 0. The van der Waals surface area contributed by atoms with Gasteiger partial charge < -0.3 is 9.64 Å². The third-order valence-electron chi connectivity index (χ3n) is 8.10. The Morgan fingerprint density at radius 1 is 1.10 bits per heavy atom. The van der Waals surface area contributed by atoms with Crippen molar-refractivity contribution >= 4 is 18.1 Å². The fourth-order valence-corrected chi connectivity index (χ4v) is 5.52. The number of methoxy groups -OCH3 is 1. The lowest BCUT2D eigenvalue weighted by molar-refractivity contribution is 0.0477. The number of ether oxygens (including phenoxy) is 1. The number of benzene rings is 1. The number of nitrogens with zero attached hydrogens (tertiary/aromatic N) is 2. The Morgan fingerprint density at radius 3 is 2.34 bits per heavy atom. The molecule has 0 N–H and O–H groups in total. The molecule has 1 saturated carbocycles. The van der Waals surface area contributed by atoms with Gasteiger partial charge in [0.1, 0.15) is 5.75 Å². The molecule has 2 aliphatic rings. The van der Waals surface area contributed by atoms with Crippen LogP contribution in [-0.4, -0.2) is 44.7 Å². The van der Waals surface area contributed by atoms with Crippen molar-refractivity contribution in [1.29, 1.82) is 0 Å². The van der Waals surface area contributed by atoms with E-state index in [2.05, 4.69) is 69.5 Å². The van der Waals surface area contributed by atoms with Gasteiger partial charge in [-0.05, 0) is 47.4 Å². The van der Waals surface area contributed by atoms with E-state index in [1.807, 2.05) is 0 Å². The Morgan fingerprint density at radius 2 is 1.76 bits per heavy atom. The SMILES string of the molecule is COc1ccc(N2CCN(CC(C)C)CC2)c(C2(C)CCCC(C)C2(C)C)c1.Cl. The number of hydrogen-bond acceptors (Lipinski definition) is 3. The number of anilines is 1. The van der Waals surface area contributed by atoms with Crippen LogP contribution in [0, 0.1) is 17.3 Å². The lowest BCUT2D eigenvalue weighted by Crippen LogP contribution is -2.50. The van der Waals surface area contributed by atoms with Crippen LogP contribution < -0.4 is 9.64 Å². The highest BCUT2D eigenvalue weighted by atomic mass is 35.5. The van der Waals surface area contributed by atoms with Crippen LogP contribution in [0.3, 0.4) is 0 Å². The highest BCUT2D eigenvalue weighted by Gasteiger charge is 2.49. The Kier molecular flexibility index (Phi) is 7.95. The van der Waals surface area contributed by atoms with Gasteiger partial charge >= 0.3 is 0 Å². The van der Waals surface area contributed by atoms with Gasteiger partial charge in [-0.15, -0.1) is 12.4 Å². The summed E-state index contributed by atoms with van der Waals surface area (Å²) in [6.07, 6.45) is 3.92. The van der Waals surface area contributed by atoms with Crippen molar-refractivity contribution in [3.8, 4) is 5.75 Å². The fourth-order valence-electron chi connectivity index (χ4n) is 5.52. The van der Waals surface area contributed by atoms with E-state index >= 15 is 0 Å². The topological polar surface area (TPSA) is 15.7 Å². The first-order valence-corrected chi connectivity index (χ1v) is 11.3. The van der Waals surface area contributed by atoms with Gasteiger partial charge in [-0.2, -0.15) is 0 Å². The average Bonchev–Trinajstić information content (AvgIpc) is 2.66. The minimum Gasteiger partial charge on any atom is -0.497 e. The molecule has 2 unspecified atom stereocenters. The summed E-state index contributed by atoms with van der Waals surface area (Å²) in [5, 5.41) is 0. The molecule has 1 aromatic carbocycles. The zero-order chi connectivity index (χ0) is 20.5. The van der Waals surface area contributed by atoms with Crippen LogP contribution in [0.15, 0.2) is 18.2 Å². The van der Waals surface area contributed by atoms with Crippen LogP contribution in [-0.2, 0) is 5.41 Å². The summed E-state index contributed by atoms with van der Waals surface area (Å²) in [5.74, 6) is 2.46. The molecule has 3 nitrogen and oxygen atoms in total. The summed E-state index contributed by atoms with van der Waals surface area (Å²) in [4.78, 5) is 5.25. The molecule has 1 heterocycles. The molecule has 0 bridgehead atoms. The molecule has 0 aromatic heterocycles. The fraction of sp³-hybridized carbons (Fsp3) is 0.760. The van der Waals surface area contributed by atoms with Crippen molar-refractivity contribution < 1.29 is 4.74 Å². The Bertz CT molecular complexity index is 667. The van der Waals surface area contributed by atoms with Crippen LogP contribution in [0.4, 0.5) is 5.69 Å². The first kappa shape index (κ1) is 24.3. The second kappa shape index (κ2) is 9.47. The molecule has 29 heavy (non-hydrogen) atoms. The maximum atomic E-state index is 5.66. The predicted molar refractivity (Wildman–Crippen MR) is 128 cm³/mol. The Labute approximate surface area is 185 Å². The zero-order valence-corrected chi connectivity index (χ0v) is 20.6. The molecule has 0 spiro atoms. The normalized spacial score (nSPS) is 27.6. The Hall–Kier alpha value is -0.930. The summed E-state index contributed by atoms with van der Waals surface area (Å²) in [6.45, 7) is 20.4. The van der Waals surface area contributed by atoms with Gasteiger partial charge in [-0.3, -0.25) is 4.90 Å². The van der Waals surface area contributed by atoms with E-state index in [0.717, 1.165) is 30.7 Å². The van der Waals surface area contributed by atoms with Crippen molar-refractivity contribution in [2.75, 3.05) is 44.7 Å². The van der Waals surface area contributed by atoms with Crippen LogP contribution >= 0.6 is 12.4 Å². The summed E-state index contributed by atoms with van der Waals surface area (Å²) in [6, 6.07) is 6.82. The minimum absolute atomic E-state index is 0. The lowest BCUT2D eigenvalue weighted by atomic mass is 9.52. The number of halogens is 1. The van der Waals surface area contributed by atoms with E-state index in [9.17, 15) is 0 Å². The van der Waals surface area contributed by atoms with E-state index in [1.54, 1.807) is 7.11 Å². The standard InChI is InChI=1S/C25H42N2O.ClH/c1-19(2)18-26-13-15-27(16-14-26)23-11-10-21(28-7)17-22(23)25(6)12-8-9-20(3)24(25,4)5;/h10-11,17,19-20H,8-9,12-16,18H2,1-7H3;1H. The molecule has 1 aromatic rings. The van der Waals surface area contributed by atoms with Crippen LogP contribution in [0.1, 0.15) is 66.4 Å². The van der Waals surface area contributed by atoms with Crippen molar-refractivity contribution in [3.63, 3.8) is 0 Å². The van der Waals surface area contributed by atoms with Crippen LogP contribution in [0.25, 0.3) is 0 Å². The van der Waals surface area contributed by atoms with Crippen molar-refractivity contribution in [2.45, 2.75) is 66.2 Å². The molecule has 1 aliphatic carbocycles. The quantitative estimate of drug-likeness (QED) is 0.578. The largest absolute Gasteiger partial charge is 0.497 e. The smallest absolute Gasteiger partial charge is 0.119 e. The number of rotatable bonds is 5. The molecule has 1 aliphatic heterocycles. The summed E-state index contributed by atoms with van der Waals surface area (Å²) < 4.78 is 5.66. The highest BCUT2D eigenvalue weighted by Crippen LogP contribution is 2.56. The van der Waals surface area contributed by atoms with Gasteiger partial charge in [-0.1, -0.05) is 54.4 Å². The van der Waals surface area contributed by atoms with Crippen LogP contribution in [0.2, 0.25) is 0 Å². The number of piperazine rings is 1. The molecule has 1 saturated heterocycles. The highest BCUT2D eigenvalue weighted by molar-refractivity contribution is 5.85. The first-order valence-electron chi connectivity index (χ1n) is 11.3. The Balaban J connectivity index is 0.00000300. The van der Waals surface area contributed by atoms with Crippen molar-refractivity contribution in [2.24, 2.45) is 17.3 Å². The van der Waals surface area contributed by atoms with E-state index < -0.39 is 0 Å². The molecule has 4 heteroatoms. The maximum absolute atomic E-state index is 5.66. The second-order valence-electron chi connectivity index (χ2n) is 10.4. The second-order valence-corrected chi connectivity index (χ2v) is 10.4. The van der Waals surface area contributed by atoms with Gasteiger partial charge in [0.25, 0.3) is 0 Å². The van der Waals surface area contributed by atoms with Crippen molar-refractivity contribution in [3.05, 3.63) is 23.8 Å². The van der Waals surface area contributed by atoms with Gasteiger partial charge in [0.15, 0.2) is 0 Å². The molecule has 166 valence electrons. The van der Waals surface area contributed by atoms with E-state index in [-0.39, 0.29) is 23.2 Å². The van der Waals surface area contributed by atoms with Gasteiger partial charge in [0.2, 0.25) is 0 Å². The summed E-state index contributed by atoms with van der Waals surface area (Å²) >= 11 is 0. The van der Waals surface area contributed by atoms with Gasteiger partial charge in [-0.25, -0.2) is 0 Å². The predicted octanol–water partition coefficient (Wildman–Crippen LogP) is 6.00.